The highest BCUT2D eigenvalue weighted by atomic mass is 15.0. The minimum Gasteiger partial charge on any atom is -0.352 e. The van der Waals surface area contributed by atoms with Gasteiger partial charge in [0.05, 0.1) is 0 Å². The molecule has 0 aromatic carbocycles. The molecule has 1 aliphatic carbocycles. The van der Waals surface area contributed by atoms with Crippen molar-refractivity contribution in [2.75, 3.05) is 0 Å². The van der Waals surface area contributed by atoms with Crippen LogP contribution in [0.1, 0.15) is 49.6 Å². The summed E-state index contributed by atoms with van der Waals surface area (Å²) in [5.74, 6) is 0. The van der Waals surface area contributed by atoms with E-state index in [0.29, 0.717) is 5.54 Å². The fourth-order valence-corrected chi connectivity index (χ4v) is 2.75. The van der Waals surface area contributed by atoms with Crippen LogP contribution in [0.25, 0.3) is 0 Å². The van der Waals surface area contributed by atoms with Gasteiger partial charge in [-0.15, -0.1) is 0 Å². The van der Waals surface area contributed by atoms with Crippen molar-refractivity contribution in [2.45, 2.75) is 58.5 Å². The van der Waals surface area contributed by atoms with Crippen molar-refractivity contribution >= 4 is 0 Å². The van der Waals surface area contributed by atoms with E-state index in [1.165, 1.54) is 42.6 Å². The SMILES string of the molecule is Cc1cc(CNC2(C)CCCC2)c(C)n1C. The summed E-state index contributed by atoms with van der Waals surface area (Å²) in [6, 6.07) is 2.31. The second-order valence-electron chi connectivity index (χ2n) is 5.58. The van der Waals surface area contributed by atoms with E-state index >= 15 is 0 Å². The Morgan fingerprint density at radius 3 is 2.44 bits per heavy atom. The van der Waals surface area contributed by atoms with Gasteiger partial charge in [-0.1, -0.05) is 12.8 Å². The molecule has 2 nitrogen and oxygen atoms in total. The number of hydrogen-bond donors (Lipinski definition) is 1. The summed E-state index contributed by atoms with van der Waals surface area (Å²) in [5.41, 5.74) is 4.58. The highest BCUT2D eigenvalue weighted by Gasteiger charge is 2.27. The molecule has 1 N–H and O–H groups in total. The molecule has 0 atom stereocenters. The lowest BCUT2D eigenvalue weighted by atomic mass is 10.0. The zero-order chi connectivity index (χ0) is 11.8. The smallest absolute Gasteiger partial charge is 0.0228 e. The molecule has 1 saturated carbocycles. The van der Waals surface area contributed by atoms with E-state index < -0.39 is 0 Å². The lowest BCUT2D eigenvalue weighted by molar-refractivity contribution is 0.362. The van der Waals surface area contributed by atoms with Crippen molar-refractivity contribution in [1.29, 1.82) is 0 Å². The molecule has 0 radical (unpaired) electrons. The predicted molar refractivity (Wildman–Crippen MR) is 68.6 cm³/mol. The summed E-state index contributed by atoms with van der Waals surface area (Å²) in [6.07, 6.45) is 5.43. The zero-order valence-corrected chi connectivity index (χ0v) is 11.1. The largest absolute Gasteiger partial charge is 0.352 e. The third-order valence-electron chi connectivity index (χ3n) is 4.29. The molecule has 90 valence electrons. The van der Waals surface area contributed by atoms with Crippen LogP contribution in [0.4, 0.5) is 0 Å². The number of nitrogens with zero attached hydrogens (tertiary/aromatic N) is 1. The summed E-state index contributed by atoms with van der Waals surface area (Å²) < 4.78 is 2.27. The summed E-state index contributed by atoms with van der Waals surface area (Å²) in [5, 5.41) is 3.74. The van der Waals surface area contributed by atoms with Crippen molar-refractivity contribution in [2.24, 2.45) is 7.05 Å². The van der Waals surface area contributed by atoms with Crippen LogP contribution >= 0.6 is 0 Å². The molecular weight excluding hydrogens is 196 g/mol. The lowest BCUT2D eigenvalue weighted by Gasteiger charge is -2.25. The Labute approximate surface area is 99.0 Å². The molecule has 0 unspecified atom stereocenters. The van der Waals surface area contributed by atoms with Gasteiger partial charge < -0.3 is 9.88 Å². The van der Waals surface area contributed by atoms with Gasteiger partial charge in [0.15, 0.2) is 0 Å². The Balaban J connectivity index is 2.02. The van der Waals surface area contributed by atoms with E-state index in [0.717, 1.165) is 6.54 Å². The van der Waals surface area contributed by atoms with E-state index in [9.17, 15) is 0 Å². The maximum absolute atomic E-state index is 3.74. The van der Waals surface area contributed by atoms with Gasteiger partial charge in [-0.25, -0.2) is 0 Å². The molecule has 0 aliphatic heterocycles. The number of nitrogens with one attached hydrogen (secondary N) is 1. The van der Waals surface area contributed by atoms with Gasteiger partial charge in [-0.2, -0.15) is 0 Å². The monoisotopic (exact) mass is 220 g/mol. The lowest BCUT2D eigenvalue weighted by Crippen LogP contribution is -2.38. The average molecular weight is 220 g/mol. The van der Waals surface area contributed by atoms with Gasteiger partial charge in [0.2, 0.25) is 0 Å². The fraction of sp³-hybridized carbons (Fsp3) is 0.714. The predicted octanol–water partition coefficient (Wildman–Crippen LogP) is 3.06. The maximum atomic E-state index is 3.74. The Morgan fingerprint density at radius 1 is 1.31 bits per heavy atom. The van der Waals surface area contributed by atoms with Crippen LogP contribution in [0.5, 0.6) is 0 Å². The first-order chi connectivity index (χ1) is 7.52. The number of aryl methyl sites for hydroxylation is 1. The Morgan fingerprint density at radius 2 is 1.94 bits per heavy atom. The van der Waals surface area contributed by atoms with E-state index in [-0.39, 0.29) is 0 Å². The molecule has 2 rings (SSSR count). The molecule has 2 heteroatoms. The van der Waals surface area contributed by atoms with Crippen LogP contribution in [-0.4, -0.2) is 10.1 Å². The van der Waals surface area contributed by atoms with Crippen molar-refractivity contribution in [1.82, 2.24) is 9.88 Å². The van der Waals surface area contributed by atoms with Gasteiger partial charge in [-0.3, -0.25) is 0 Å². The third-order valence-corrected chi connectivity index (χ3v) is 4.29. The molecule has 1 fully saturated rings. The van der Waals surface area contributed by atoms with Crippen LogP contribution in [0.2, 0.25) is 0 Å². The second kappa shape index (κ2) is 4.25. The topological polar surface area (TPSA) is 17.0 Å². The molecule has 16 heavy (non-hydrogen) atoms. The summed E-state index contributed by atoms with van der Waals surface area (Å²) in [4.78, 5) is 0. The quantitative estimate of drug-likeness (QED) is 0.828. The molecule has 0 spiro atoms. The van der Waals surface area contributed by atoms with Crippen LogP contribution in [0.3, 0.4) is 0 Å². The molecule has 1 heterocycles. The molecule has 1 aliphatic rings. The normalized spacial score (nSPS) is 19.2. The number of rotatable bonds is 3. The number of aromatic nitrogens is 1. The highest BCUT2D eigenvalue weighted by molar-refractivity contribution is 5.26. The third kappa shape index (κ3) is 2.17. The zero-order valence-electron chi connectivity index (χ0n) is 11.1. The van der Waals surface area contributed by atoms with E-state index in [1.54, 1.807) is 0 Å². The first kappa shape index (κ1) is 11.7. The van der Waals surface area contributed by atoms with E-state index in [4.69, 9.17) is 0 Å². The second-order valence-corrected chi connectivity index (χ2v) is 5.58. The van der Waals surface area contributed by atoms with Crippen molar-refractivity contribution in [3.05, 3.63) is 23.0 Å². The van der Waals surface area contributed by atoms with Crippen LogP contribution < -0.4 is 5.32 Å². The molecular formula is C14H24N2. The Bertz CT molecular complexity index is 370. The Kier molecular flexibility index (Phi) is 3.11. The Hall–Kier alpha value is -0.760. The fourth-order valence-electron chi connectivity index (χ4n) is 2.75. The first-order valence-corrected chi connectivity index (χ1v) is 6.39. The molecule has 0 saturated heterocycles. The average Bonchev–Trinajstić information content (AvgIpc) is 2.77. The van der Waals surface area contributed by atoms with Gasteiger partial charge in [0.1, 0.15) is 0 Å². The van der Waals surface area contributed by atoms with Gasteiger partial charge in [0.25, 0.3) is 0 Å². The van der Waals surface area contributed by atoms with Crippen molar-refractivity contribution in [3.8, 4) is 0 Å². The maximum Gasteiger partial charge on any atom is 0.0228 e. The van der Waals surface area contributed by atoms with Gasteiger partial charge in [0, 0.05) is 30.5 Å². The van der Waals surface area contributed by atoms with Crippen molar-refractivity contribution in [3.63, 3.8) is 0 Å². The van der Waals surface area contributed by atoms with E-state index in [1.807, 2.05) is 0 Å². The van der Waals surface area contributed by atoms with Crippen molar-refractivity contribution < 1.29 is 0 Å². The van der Waals surface area contributed by atoms with Gasteiger partial charge in [-0.05, 0) is 45.2 Å². The standard InChI is InChI=1S/C14H24N2/c1-11-9-13(12(2)16(11)4)10-15-14(3)7-5-6-8-14/h9,15H,5-8,10H2,1-4H3. The van der Waals surface area contributed by atoms with E-state index in [2.05, 4.69) is 43.8 Å². The minimum atomic E-state index is 0.385. The van der Waals surface area contributed by atoms with Gasteiger partial charge >= 0.3 is 0 Å². The molecule has 0 bridgehead atoms. The van der Waals surface area contributed by atoms with Crippen LogP contribution in [-0.2, 0) is 13.6 Å². The molecule has 0 amide bonds. The minimum absolute atomic E-state index is 0.385. The molecule has 1 aromatic rings. The highest BCUT2D eigenvalue weighted by Crippen LogP contribution is 2.29. The first-order valence-electron chi connectivity index (χ1n) is 6.39. The molecule has 1 aromatic heterocycles. The summed E-state index contributed by atoms with van der Waals surface area (Å²) in [7, 11) is 2.14. The summed E-state index contributed by atoms with van der Waals surface area (Å²) >= 11 is 0. The summed E-state index contributed by atoms with van der Waals surface area (Å²) in [6.45, 7) is 7.77. The van der Waals surface area contributed by atoms with Crippen LogP contribution in [0.15, 0.2) is 6.07 Å². The number of hydrogen-bond acceptors (Lipinski definition) is 1. The van der Waals surface area contributed by atoms with Crippen LogP contribution in [0, 0.1) is 13.8 Å².